The van der Waals surface area contributed by atoms with Crippen LogP contribution in [0.2, 0.25) is 5.02 Å². The van der Waals surface area contributed by atoms with E-state index in [2.05, 4.69) is 10.5 Å². The number of likely N-dealkylation sites (N-methyl/N-ethyl adjacent to an activating group) is 1. The molecule has 2 heterocycles. The van der Waals surface area contributed by atoms with Gasteiger partial charge in [-0.1, -0.05) is 83.5 Å². The van der Waals surface area contributed by atoms with Crippen LogP contribution in [-0.2, 0) is 24.7 Å². The number of hydrogen-bond acceptors (Lipinski definition) is 7. The van der Waals surface area contributed by atoms with Gasteiger partial charge in [0, 0.05) is 28.8 Å². The highest BCUT2D eigenvalue weighted by Crippen LogP contribution is 2.37. The van der Waals surface area contributed by atoms with Crippen molar-refractivity contribution in [3.63, 3.8) is 0 Å². The van der Waals surface area contributed by atoms with Crippen molar-refractivity contribution < 1.29 is 28.4 Å². The van der Waals surface area contributed by atoms with Gasteiger partial charge >= 0.3 is 6.09 Å². The number of amides is 2. The molecule has 204 valence electrons. The van der Waals surface area contributed by atoms with Crippen LogP contribution in [0.15, 0.2) is 77.3 Å². The maximum absolute atomic E-state index is 12.7. The van der Waals surface area contributed by atoms with Crippen LogP contribution in [-0.4, -0.2) is 42.1 Å². The van der Waals surface area contributed by atoms with Gasteiger partial charge in [0.15, 0.2) is 5.76 Å². The zero-order valence-corrected chi connectivity index (χ0v) is 22.8. The smallest absolute Gasteiger partial charge is 0.412 e. The van der Waals surface area contributed by atoms with Gasteiger partial charge in [-0.15, -0.1) is 0 Å². The average Bonchev–Trinajstić information content (AvgIpc) is 3.32. The molecule has 2 atom stereocenters. The van der Waals surface area contributed by atoms with E-state index in [-0.39, 0.29) is 5.91 Å². The first-order valence-electron chi connectivity index (χ1n) is 12.5. The van der Waals surface area contributed by atoms with E-state index in [0.29, 0.717) is 51.9 Å². The van der Waals surface area contributed by atoms with E-state index in [9.17, 15) is 14.4 Å². The van der Waals surface area contributed by atoms with Gasteiger partial charge in [-0.3, -0.25) is 14.9 Å². The number of likely N-dealkylation sites (tertiary alicyclic amines) is 1. The molecule has 5 rings (SSSR count). The van der Waals surface area contributed by atoms with E-state index in [0.717, 1.165) is 11.1 Å². The molecule has 1 aliphatic rings. The minimum Gasteiger partial charge on any atom is -0.444 e. The quantitative estimate of drug-likeness (QED) is 0.204. The zero-order chi connectivity index (χ0) is 28.4. The molecule has 0 bridgehead atoms. The Morgan fingerprint density at radius 1 is 1.07 bits per heavy atom. The zero-order valence-electron chi connectivity index (χ0n) is 22.0. The number of ether oxygens (including phenoxy) is 2. The van der Waals surface area contributed by atoms with E-state index in [1.807, 2.05) is 48.5 Å². The van der Waals surface area contributed by atoms with E-state index < -0.39 is 17.8 Å². The molecule has 0 saturated carbocycles. The fourth-order valence-electron chi connectivity index (χ4n) is 4.76. The normalized spacial score (nSPS) is 17.1. The van der Waals surface area contributed by atoms with Crippen LogP contribution in [0, 0.1) is 6.92 Å². The number of carbonyl (C=O) groups excluding carboxylic acids is 3. The molecule has 3 aromatic carbocycles. The van der Waals surface area contributed by atoms with Crippen molar-refractivity contribution in [3.05, 3.63) is 94.6 Å². The highest BCUT2D eigenvalue weighted by molar-refractivity contribution is 6.31. The van der Waals surface area contributed by atoms with E-state index in [1.165, 1.54) is 4.90 Å². The lowest BCUT2D eigenvalue weighted by Crippen LogP contribution is -2.63. The van der Waals surface area contributed by atoms with Crippen LogP contribution in [0.4, 0.5) is 10.5 Å². The van der Waals surface area contributed by atoms with Gasteiger partial charge in [0.25, 0.3) is 12.4 Å². The number of hydrogen-bond donors (Lipinski definition) is 1. The predicted octanol–water partition coefficient (Wildman–Crippen LogP) is 6.12. The number of aryl methyl sites for hydroxylation is 1. The first kappa shape index (κ1) is 27.0. The second-order valence-electron chi connectivity index (χ2n) is 9.52. The summed E-state index contributed by atoms with van der Waals surface area (Å²) in [6, 6.07) is 22.0. The molecular weight excluding hydrogens is 534 g/mol. The second kappa shape index (κ2) is 10.9. The van der Waals surface area contributed by atoms with Crippen molar-refractivity contribution in [3.8, 4) is 22.5 Å². The van der Waals surface area contributed by atoms with Crippen molar-refractivity contribution in [1.29, 1.82) is 0 Å². The molecule has 1 fully saturated rings. The van der Waals surface area contributed by atoms with Crippen LogP contribution in [0.25, 0.3) is 22.5 Å². The summed E-state index contributed by atoms with van der Waals surface area (Å²) in [6.07, 6.45) is -1.23. The van der Waals surface area contributed by atoms with E-state index >= 15 is 0 Å². The van der Waals surface area contributed by atoms with Gasteiger partial charge in [0.1, 0.15) is 17.5 Å². The lowest BCUT2D eigenvalue weighted by molar-refractivity contribution is -0.186. The molecule has 1 saturated heterocycles. The lowest BCUT2D eigenvalue weighted by Gasteiger charge is -2.45. The van der Waals surface area contributed by atoms with Gasteiger partial charge in [-0.2, -0.15) is 0 Å². The fraction of sp³-hybridized carbons (Fsp3) is 0.200. The number of rotatable bonds is 8. The van der Waals surface area contributed by atoms with Crippen LogP contribution in [0.1, 0.15) is 29.8 Å². The Morgan fingerprint density at radius 2 is 1.70 bits per heavy atom. The van der Waals surface area contributed by atoms with Crippen LogP contribution < -0.4 is 5.32 Å². The molecule has 0 radical (unpaired) electrons. The number of aromatic nitrogens is 1. The third-order valence-electron chi connectivity index (χ3n) is 6.95. The predicted molar refractivity (Wildman–Crippen MR) is 149 cm³/mol. The summed E-state index contributed by atoms with van der Waals surface area (Å²) in [6.45, 7) is 4.08. The minimum absolute atomic E-state index is 0.259. The Labute approximate surface area is 235 Å². The third-order valence-corrected chi connectivity index (χ3v) is 7.29. The Bertz CT molecular complexity index is 1570. The van der Waals surface area contributed by atoms with Gasteiger partial charge < -0.3 is 18.9 Å². The molecule has 1 aromatic heterocycles. The molecule has 2 amide bonds. The summed E-state index contributed by atoms with van der Waals surface area (Å²) in [7, 11) is 1.66. The monoisotopic (exact) mass is 559 g/mol. The molecular formula is C30H26ClN3O6. The first-order chi connectivity index (χ1) is 19.2. The minimum atomic E-state index is -1.27. The number of carbonyl (C=O) groups is 3. The Morgan fingerprint density at radius 3 is 2.30 bits per heavy atom. The van der Waals surface area contributed by atoms with Crippen molar-refractivity contribution in [2.24, 2.45) is 0 Å². The number of β-lactam (4-membered cyclic amide) rings is 1. The van der Waals surface area contributed by atoms with Crippen LogP contribution in [0.3, 0.4) is 0 Å². The summed E-state index contributed by atoms with van der Waals surface area (Å²) >= 11 is 6.22. The Balaban J connectivity index is 1.31. The summed E-state index contributed by atoms with van der Waals surface area (Å²) in [5, 5.41) is 7.27. The summed E-state index contributed by atoms with van der Waals surface area (Å²) in [5.41, 5.74) is 3.48. The topological polar surface area (TPSA) is 111 Å². The molecule has 1 N–H and O–H groups in total. The maximum atomic E-state index is 12.7. The van der Waals surface area contributed by atoms with Crippen molar-refractivity contribution in [2.45, 2.75) is 25.6 Å². The summed E-state index contributed by atoms with van der Waals surface area (Å²) in [5.74, 6) is 0.132. The number of nitrogens with zero attached hydrogens (tertiary/aromatic N) is 2. The van der Waals surface area contributed by atoms with Gasteiger partial charge in [-0.05, 0) is 31.0 Å². The molecule has 1 unspecified atom stereocenters. The highest BCUT2D eigenvalue weighted by atomic mass is 35.5. The molecule has 10 heteroatoms. The molecule has 4 aromatic rings. The van der Waals surface area contributed by atoms with Crippen molar-refractivity contribution >= 4 is 35.8 Å². The second-order valence-corrected chi connectivity index (χ2v) is 9.93. The largest absolute Gasteiger partial charge is 0.444 e. The van der Waals surface area contributed by atoms with Gasteiger partial charge in [0.2, 0.25) is 5.60 Å². The number of nitrogens with one attached hydrogen (secondary N) is 1. The third kappa shape index (κ3) is 4.91. The number of benzene rings is 3. The van der Waals surface area contributed by atoms with Crippen LogP contribution in [0.5, 0.6) is 0 Å². The molecule has 0 aliphatic carbocycles. The summed E-state index contributed by atoms with van der Waals surface area (Å²) < 4.78 is 16.3. The molecule has 40 heavy (non-hydrogen) atoms. The molecule has 1 aliphatic heterocycles. The standard InChI is InChI=1S/C30H26ClN3O6/c1-18-26(32-29(37)39-19(2)24-6-4-5-7-25(24)31)27(40-33-18)22-10-8-20(9-11-22)21-12-14-23(15-13-21)30(38-17-35)16-34(3)28(30)36/h4-15,17,19H,16H2,1-3H3,(H,32,37)/t19-,30?/m1/s1. The summed E-state index contributed by atoms with van der Waals surface area (Å²) in [4.78, 5) is 37.6. The first-order valence-corrected chi connectivity index (χ1v) is 12.9. The Hall–Kier alpha value is -4.63. The number of anilines is 1. The van der Waals surface area contributed by atoms with Crippen molar-refractivity contribution in [2.75, 3.05) is 18.9 Å². The maximum Gasteiger partial charge on any atom is 0.412 e. The molecule has 0 spiro atoms. The van der Waals surface area contributed by atoms with Gasteiger partial charge in [-0.25, -0.2) is 4.79 Å². The van der Waals surface area contributed by atoms with Crippen molar-refractivity contribution in [1.82, 2.24) is 10.1 Å². The fourth-order valence-corrected chi connectivity index (χ4v) is 5.05. The van der Waals surface area contributed by atoms with Crippen LogP contribution >= 0.6 is 11.6 Å². The lowest BCUT2D eigenvalue weighted by atomic mass is 9.84. The van der Waals surface area contributed by atoms with Gasteiger partial charge in [0.05, 0.1) is 6.54 Å². The van der Waals surface area contributed by atoms with E-state index in [1.54, 1.807) is 45.2 Å². The van der Waals surface area contributed by atoms with E-state index in [4.69, 9.17) is 25.6 Å². The number of halogens is 1. The SMILES string of the molecule is Cc1noc(-c2ccc(-c3ccc(C4(OC=O)CN(C)C4=O)cc3)cc2)c1NC(=O)O[C@H](C)c1ccccc1Cl. The molecule has 9 nitrogen and oxygen atoms in total. The Kier molecular flexibility index (Phi) is 7.32. The highest BCUT2D eigenvalue weighted by Gasteiger charge is 2.54. The average molecular weight is 560 g/mol.